The molecule has 0 aliphatic heterocycles. The topological polar surface area (TPSA) is 237 Å². The van der Waals surface area contributed by atoms with Crippen LogP contribution in [-0.2, 0) is 65.4 Å². The molecule has 0 saturated heterocycles. The van der Waals surface area contributed by atoms with Gasteiger partial charge in [0.25, 0.3) is 0 Å². The van der Waals surface area contributed by atoms with Gasteiger partial charge >= 0.3 is 39.5 Å². The van der Waals surface area contributed by atoms with E-state index in [1.807, 2.05) is 0 Å². The third kappa shape index (κ3) is 64.8. The highest BCUT2D eigenvalue weighted by atomic mass is 31.2. The number of aliphatic hydroxyl groups is 1. The molecule has 0 spiro atoms. The fourth-order valence-electron chi connectivity index (χ4n) is 10.8. The summed E-state index contributed by atoms with van der Waals surface area (Å²) in [7, 11) is -9.90. The van der Waals surface area contributed by atoms with Crippen molar-refractivity contribution in [2.24, 2.45) is 11.8 Å². The number of unbranched alkanes of at least 4 members (excludes halogenated alkanes) is 40. The third-order valence-electron chi connectivity index (χ3n) is 16.5. The summed E-state index contributed by atoms with van der Waals surface area (Å²) in [6.45, 7) is 9.49. The number of aliphatic hydroxyl groups excluding tert-OH is 1. The van der Waals surface area contributed by atoms with Gasteiger partial charge in [0.1, 0.15) is 19.3 Å². The zero-order chi connectivity index (χ0) is 66.5. The molecule has 3 N–H and O–H groups in total. The SMILES string of the molecule is CCCCCCCCCCCCCCCCCCC(=O)O[C@H](COC(=O)CCCCCCCCCCCCCCC(C)C)COP(=O)(O)OC[C@@H](O)COP(=O)(O)OC[C@@H](COC(=O)CCCCCCCCCCC)OC(=O)CCCCCCCCCC(C)C. The van der Waals surface area contributed by atoms with Gasteiger partial charge < -0.3 is 33.8 Å². The van der Waals surface area contributed by atoms with Crippen molar-refractivity contribution in [2.75, 3.05) is 39.6 Å². The minimum Gasteiger partial charge on any atom is -0.462 e. The summed E-state index contributed by atoms with van der Waals surface area (Å²) < 4.78 is 68.3. The van der Waals surface area contributed by atoms with Gasteiger partial charge in [-0.25, -0.2) is 9.13 Å². The monoisotopic (exact) mass is 1320 g/mol. The van der Waals surface area contributed by atoms with Crippen LogP contribution in [0.1, 0.15) is 363 Å². The van der Waals surface area contributed by atoms with Crippen LogP contribution in [0, 0.1) is 11.8 Å². The summed E-state index contributed by atoms with van der Waals surface area (Å²) in [6.07, 6.45) is 48.6. The molecule has 534 valence electrons. The molecule has 17 nitrogen and oxygen atoms in total. The maximum Gasteiger partial charge on any atom is 0.472 e. The summed E-state index contributed by atoms with van der Waals surface area (Å²) in [5.74, 6) is -0.647. The zero-order valence-corrected chi connectivity index (χ0v) is 60.2. The number of hydrogen-bond acceptors (Lipinski definition) is 15. The normalized spacial score (nSPS) is 14.1. The van der Waals surface area contributed by atoms with Gasteiger partial charge in [-0.1, -0.05) is 311 Å². The largest absolute Gasteiger partial charge is 0.472 e. The quantitative estimate of drug-likeness (QED) is 0.0222. The second-order valence-electron chi connectivity index (χ2n) is 26.6. The molecule has 2 unspecified atom stereocenters. The molecular weight excluding hydrogens is 1190 g/mol. The summed E-state index contributed by atoms with van der Waals surface area (Å²) >= 11 is 0. The van der Waals surface area contributed by atoms with Gasteiger partial charge in [0.15, 0.2) is 12.2 Å². The van der Waals surface area contributed by atoms with Crippen LogP contribution in [0.3, 0.4) is 0 Å². The average Bonchev–Trinajstić information content (AvgIpc) is 3.04. The lowest BCUT2D eigenvalue weighted by Gasteiger charge is -2.21. The average molecular weight is 1330 g/mol. The lowest BCUT2D eigenvalue weighted by molar-refractivity contribution is -0.161. The molecule has 0 fully saturated rings. The van der Waals surface area contributed by atoms with Gasteiger partial charge in [-0.15, -0.1) is 0 Å². The Labute approximate surface area is 549 Å². The number of phosphoric ester groups is 2. The van der Waals surface area contributed by atoms with Crippen molar-refractivity contribution in [3.05, 3.63) is 0 Å². The van der Waals surface area contributed by atoms with Crippen molar-refractivity contribution in [1.82, 2.24) is 0 Å². The van der Waals surface area contributed by atoms with E-state index < -0.39 is 97.5 Å². The Morgan fingerprint density at radius 1 is 0.300 bits per heavy atom. The first-order chi connectivity index (χ1) is 43.4. The number of hydrogen-bond donors (Lipinski definition) is 3. The van der Waals surface area contributed by atoms with Gasteiger partial charge in [0.05, 0.1) is 26.4 Å². The highest BCUT2D eigenvalue weighted by Gasteiger charge is 2.30. The first-order valence-electron chi connectivity index (χ1n) is 37.0. The van der Waals surface area contributed by atoms with Gasteiger partial charge in [-0.05, 0) is 37.5 Å². The number of carbonyl (C=O) groups excluding carboxylic acids is 4. The fraction of sp³-hybridized carbons (Fsp3) is 0.944. The van der Waals surface area contributed by atoms with E-state index >= 15 is 0 Å². The van der Waals surface area contributed by atoms with E-state index in [9.17, 15) is 43.2 Å². The first-order valence-corrected chi connectivity index (χ1v) is 40.0. The summed E-state index contributed by atoms with van der Waals surface area (Å²) in [5.41, 5.74) is 0. The smallest absolute Gasteiger partial charge is 0.462 e. The first kappa shape index (κ1) is 88.1. The van der Waals surface area contributed by atoms with E-state index in [2.05, 4.69) is 41.5 Å². The summed E-state index contributed by atoms with van der Waals surface area (Å²) in [5, 5.41) is 10.6. The van der Waals surface area contributed by atoms with Gasteiger partial charge in [-0.2, -0.15) is 0 Å². The zero-order valence-electron chi connectivity index (χ0n) is 58.4. The van der Waals surface area contributed by atoms with Crippen LogP contribution in [0.15, 0.2) is 0 Å². The Kier molecular flexibility index (Phi) is 61.8. The van der Waals surface area contributed by atoms with Crippen molar-refractivity contribution in [1.29, 1.82) is 0 Å². The molecule has 0 aliphatic rings. The van der Waals surface area contributed by atoms with Gasteiger partial charge in [0, 0.05) is 25.7 Å². The Bertz CT molecular complexity index is 1750. The van der Waals surface area contributed by atoms with E-state index in [-0.39, 0.29) is 25.7 Å². The molecule has 0 aromatic carbocycles. The number of rotatable bonds is 70. The molecule has 19 heteroatoms. The molecule has 0 aliphatic carbocycles. The second kappa shape index (κ2) is 63.1. The van der Waals surface area contributed by atoms with E-state index in [1.54, 1.807) is 0 Å². The van der Waals surface area contributed by atoms with Crippen molar-refractivity contribution >= 4 is 39.5 Å². The molecular formula is C71H138O17P2. The lowest BCUT2D eigenvalue weighted by Crippen LogP contribution is -2.30. The van der Waals surface area contributed by atoms with Crippen molar-refractivity contribution in [3.63, 3.8) is 0 Å². The molecule has 90 heavy (non-hydrogen) atoms. The molecule has 5 atom stereocenters. The standard InChI is InChI=1S/C71H138O17P2/c1-7-9-11-13-15-17-18-19-20-21-22-27-31-37-43-49-55-70(75)87-66(59-82-69(74)54-48-42-36-30-26-24-23-25-29-33-39-45-51-63(3)4)61-85-89(77,78)83-57-65(72)58-84-90(79,80)86-62-67(60-81-68(73)53-47-41-35-28-16-14-12-10-8-2)88-71(76)56-50-44-38-32-34-40-46-52-64(5)6/h63-67,72H,7-62H2,1-6H3,(H,77,78)(H,79,80)/t65-,66-,67-/m1/s1. The number of esters is 4. The maximum absolute atomic E-state index is 13.0. The van der Waals surface area contributed by atoms with Crippen LogP contribution in [0.5, 0.6) is 0 Å². The fourth-order valence-corrected chi connectivity index (χ4v) is 12.3. The minimum absolute atomic E-state index is 0.104. The predicted octanol–water partition coefficient (Wildman–Crippen LogP) is 20.4. The Hall–Kier alpha value is -1.94. The van der Waals surface area contributed by atoms with Crippen LogP contribution in [0.25, 0.3) is 0 Å². The van der Waals surface area contributed by atoms with E-state index in [0.717, 1.165) is 95.8 Å². The minimum atomic E-state index is -4.95. The van der Waals surface area contributed by atoms with Crippen molar-refractivity contribution in [2.45, 2.75) is 381 Å². The molecule has 0 bridgehead atoms. The number of phosphoric acid groups is 2. The highest BCUT2D eigenvalue weighted by molar-refractivity contribution is 7.47. The second-order valence-corrected chi connectivity index (χ2v) is 29.5. The van der Waals surface area contributed by atoms with Gasteiger partial charge in [0.2, 0.25) is 0 Å². The van der Waals surface area contributed by atoms with Crippen LogP contribution >= 0.6 is 15.6 Å². The Morgan fingerprint density at radius 2 is 0.511 bits per heavy atom. The number of ether oxygens (including phenoxy) is 4. The molecule has 0 amide bonds. The van der Waals surface area contributed by atoms with E-state index in [4.69, 9.17) is 37.0 Å². The third-order valence-corrected chi connectivity index (χ3v) is 18.4. The van der Waals surface area contributed by atoms with Crippen LogP contribution in [0.2, 0.25) is 0 Å². The molecule has 0 saturated carbocycles. The Morgan fingerprint density at radius 3 is 0.756 bits per heavy atom. The van der Waals surface area contributed by atoms with Gasteiger partial charge in [-0.3, -0.25) is 37.3 Å². The molecule has 0 aromatic rings. The van der Waals surface area contributed by atoms with Crippen LogP contribution in [0.4, 0.5) is 0 Å². The molecule has 0 rings (SSSR count). The number of carbonyl (C=O) groups is 4. The van der Waals surface area contributed by atoms with E-state index in [1.165, 1.54) is 180 Å². The summed E-state index contributed by atoms with van der Waals surface area (Å²) in [6, 6.07) is 0. The lowest BCUT2D eigenvalue weighted by atomic mass is 10.0. The highest BCUT2D eigenvalue weighted by Crippen LogP contribution is 2.45. The van der Waals surface area contributed by atoms with E-state index in [0.29, 0.717) is 31.6 Å². The van der Waals surface area contributed by atoms with Crippen molar-refractivity contribution < 1.29 is 80.2 Å². The van der Waals surface area contributed by atoms with Crippen LogP contribution in [-0.4, -0.2) is 96.7 Å². The Balaban J connectivity index is 5.22. The van der Waals surface area contributed by atoms with Crippen LogP contribution < -0.4 is 0 Å². The summed E-state index contributed by atoms with van der Waals surface area (Å²) in [4.78, 5) is 72.5. The molecule has 0 radical (unpaired) electrons. The molecule has 0 heterocycles. The maximum atomic E-state index is 13.0. The van der Waals surface area contributed by atoms with Crippen molar-refractivity contribution in [3.8, 4) is 0 Å². The predicted molar refractivity (Wildman–Crippen MR) is 363 cm³/mol. The molecule has 0 aromatic heterocycles.